The van der Waals surface area contributed by atoms with Crippen LogP contribution in [0.3, 0.4) is 0 Å². The average Bonchev–Trinajstić information content (AvgIpc) is 2.17. The second-order valence-corrected chi connectivity index (χ2v) is 2.88. The van der Waals surface area contributed by atoms with E-state index in [9.17, 15) is 0 Å². The molecular weight excluding hydrogens is 122 g/mol. The van der Waals surface area contributed by atoms with Crippen molar-refractivity contribution in [1.82, 2.24) is 5.32 Å². The zero-order valence-electron chi connectivity index (χ0n) is 6.77. The molecule has 0 amide bonds. The Morgan fingerprint density at radius 1 is 1.30 bits per heavy atom. The van der Waals surface area contributed by atoms with Gasteiger partial charge in [-0.15, -0.1) is 0 Å². The third kappa shape index (κ3) is 2.53. The second kappa shape index (κ2) is 4.51. The van der Waals surface area contributed by atoms with Crippen LogP contribution in [0.1, 0.15) is 32.6 Å². The summed E-state index contributed by atoms with van der Waals surface area (Å²) in [6, 6.07) is 0.778. The van der Waals surface area contributed by atoms with Crippen molar-refractivity contribution in [2.24, 2.45) is 0 Å². The third-order valence-electron chi connectivity index (χ3n) is 2.02. The Kier molecular flexibility index (Phi) is 3.52. The van der Waals surface area contributed by atoms with Crippen molar-refractivity contribution in [3.63, 3.8) is 0 Å². The van der Waals surface area contributed by atoms with Gasteiger partial charge in [0.25, 0.3) is 0 Å². The number of hydrogen-bond donors (Lipinski definition) is 1. The van der Waals surface area contributed by atoms with Gasteiger partial charge in [-0.05, 0) is 32.2 Å². The Morgan fingerprint density at radius 2 is 1.90 bits per heavy atom. The highest BCUT2D eigenvalue weighted by molar-refractivity contribution is 4.88. The van der Waals surface area contributed by atoms with Crippen LogP contribution in [0, 0.1) is 0 Å². The van der Waals surface area contributed by atoms with Gasteiger partial charge in [0.1, 0.15) is 0 Å². The van der Waals surface area contributed by atoms with Crippen LogP contribution in [0.25, 0.3) is 0 Å². The van der Waals surface area contributed by atoms with E-state index < -0.39 is 0 Å². The highest BCUT2D eigenvalue weighted by Crippen LogP contribution is 2.10. The maximum absolute atomic E-state index is 3.48. The second-order valence-electron chi connectivity index (χ2n) is 2.88. The first kappa shape index (κ1) is 7.80. The topological polar surface area (TPSA) is 12.0 Å². The number of hydrogen-bond acceptors (Lipinski definition) is 1. The zero-order valence-corrected chi connectivity index (χ0v) is 6.77. The first-order valence-corrected chi connectivity index (χ1v) is 4.32. The summed E-state index contributed by atoms with van der Waals surface area (Å²) in [4.78, 5) is 0. The lowest BCUT2D eigenvalue weighted by Crippen LogP contribution is -2.27. The van der Waals surface area contributed by atoms with Crippen LogP contribution < -0.4 is 5.32 Å². The van der Waals surface area contributed by atoms with E-state index in [-0.39, 0.29) is 0 Å². The van der Waals surface area contributed by atoms with E-state index in [0.29, 0.717) is 0 Å². The van der Waals surface area contributed by atoms with Crippen LogP contribution in [0.4, 0.5) is 0 Å². The van der Waals surface area contributed by atoms with Crippen molar-refractivity contribution in [2.75, 3.05) is 6.54 Å². The Bertz CT molecular complexity index is 97.3. The highest BCUT2D eigenvalue weighted by atomic mass is 14.9. The standard InChI is InChI=1S/C9H17N/c1-2-10-9-7-5-3-4-6-8-9/h3-4,9-10H,2,5-8H2,1H3. The molecule has 0 aromatic carbocycles. The molecule has 1 aliphatic rings. The molecule has 1 rings (SSSR count). The Balaban J connectivity index is 2.20. The summed E-state index contributed by atoms with van der Waals surface area (Å²) in [7, 11) is 0. The average molecular weight is 139 g/mol. The van der Waals surface area contributed by atoms with Crippen LogP contribution in [-0.4, -0.2) is 12.6 Å². The summed E-state index contributed by atoms with van der Waals surface area (Å²) in [5, 5.41) is 3.48. The Hall–Kier alpha value is -0.300. The molecular formula is C9H17N. The maximum Gasteiger partial charge on any atom is 0.00728 e. The van der Waals surface area contributed by atoms with E-state index >= 15 is 0 Å². The van der Waals surface area contributed by atoms with Gasteiger partial charge in [0.15, 0.2) is 0 Å². The molecule has 0 aromatic heterocycles. The molecule has 0 atom stereocenters. The van der Waals surface area contributed by atoms with Crippen LogP contribution in [0.2, 0.25) is 0 Å². The van der Waals surface area contributed by atoms with E-state index in [1.165, 1.54) is 25.7 Å². The maximum atomic E-state index is 3.48. The van der Waals surface area contributed by atoms with E-state index in [4.69, 9.17) is 0 Å². The van der Waals surface area contributed by atoms with Crippen molar-refractivity contribution in [2.45, 2.75) is 38.6 Å². The molecule has 0 spiro atoms. The monoisotopic (exact) mass is 139 g/mol. The van der Waals surface area contributed by atoms with Crippen molar-refractivity contribution in [3.8, 4) is 0 Å². The molecule has 0 radical (unpaired) electrons. The molecule has 0 unspecified atom stereocenters. The molecule has 0 saturated carbocycles. The number of rotatable bonds is 2. The molecule has 0 heterocycles. The number of allylic oxidation sites excluding steroid dienone is 2. The van der Waals surface area contributed by atoms with E-state index in [0.717, 1.165) is 12.6 Å². The van der Waals surface area contributed by atoms with Crippen molar-refractivity contribution in [3.05, 3.63) is 12.2 Å². The molecule has 0 fully saturated rings. The van der Waals surface area contributed by atoms with Gasteiger partial charge in [-0.2, -0.15) is 0 Å². The minimum absolute atomic E-state index is 0.778. The van der Waals surface area contributed by atoms with Crippen molar-refractivity contribution in [1.29, 1.82) is 0 Å². The largest absolute Gasteiger partial charge is 0.314 e. The van der Waals surface area contributed by atoms with Gasteiger partial charge in [0.2, 0.25) is 0 Å². The molecule has 10 heavy (non-hydrogen) atoms. The van der Waals surface area contributed by atoms with Crippen LogP contribution >= 0.6 is 0 Å². The first-order chi connectivity index (χ1) is 4.93. The van der Waals surface area contributed by atoms with Crippen LogP contribution in [0.15, 0.2) is 12.2 Å². The quantitative estimate of drug-likeness (QED) is 0.578. The van der Waals surface area contributed by atoms with Gasteiger partial charge >= 0.3 is 0 Å². The fourth-order valence-corrected chi connectivity index (χ4v) is 1.47. The summed E-state index contributed by atoms with van der Waals surface area (Å²) in [5.74, 6) is 0. The lowest BCUT2D eigenvalue weighted by Gasteiger charge is -2.13. The van der Waals surface area contributed by atoms with Gasteiger partial charge in [0.05, 0.1) is 0 Å². The van der Waals surface area contributed by atoms with E-state index in [1.54, 1.807) is 0 Å². The summed E-state index contributed by atoms with van der Waals surface area (Å²) in [6.45, 7) is 3.29. The van der Waals surface area contributed by atoms with Gasteiger partial charge in [-0.3, -0.25) is 0 Å². The van der Waals surface area contributed by atoms with E-state index in [2.05, 4.69) is 24.4 Å². The molecule has 1 heteroatoms. The minimum Gasteiger partial charge on any atom is -0.314 e. The molecule has 0 bridgehead atoms. The van der Waals surface area contributed by atoms with Crippen LogP contribution in [-0.2, 0) is 0 Å². The van der Waals surface area contributed by atoms with Crippen molar-refractivity contribution < 1.29 is 0 Å². The lowest BCUT2D eigenvalue weighted by atomic mass is 10.1. The van der Waals surface area contributed by atoms with Gasteiger partial charge in [-0.1, -0.05) is 19.1 Å². The Labute approximate surface area is 63.5 Å². The van der Waals surface area contributed by atoms with Crippen LogP contribution in [0.5, 0.6) is 0 Å². The summed E-state index contributed by atoms with van der Waals surface area (Å²) >= 11 is 0. The molecule has 0 aromatic rings. The molecule has 0 aliphatic heterocycles. The fourth-order valence-electron chi connectivity index (χ4n) is 1.47. The molecule has 58 valence electrons. The first-order valence-electron chi connectivity index (χ1n) is 4.32. The smallest absolute Gasteiger partial charge is 0.00728 e. The molecule has 1 N–H and O–H groups in total. The SMILES string of the molecule is CCNC1CCC=CCC1. The minimum atomic E-state index is 0.778. The Morgan fingerprint density at radius 3 is 2.40 bits per heavy atom. The molecule has 1 nitrogen and oxygen atoms in total. The highest BCUT2D eigenvalue weighted by Gasteiger charge is 2.06. The zero-order chi connectivity index (χ0) is 7.23. The molecule has 1 aliphatic carbocycles. The third-order valence-corrected chi connectivity index (χ3v) is 2.02. The molecule has 0 saturated heterocycles. The van der Waals surface area contributed by atoms with Gasteiger partial charge in [0, 0.05) is 6.04 Å². The summed E-state index contributed by atoms with van der Waals surface area (Å²) in [6.07, 6.45) is 9.78. The van der Waals surface area contributed by atoms with Gasteiger partial charge in [-0.25, -0.2) is 0 Å². The fraction of sp³-hybridized carbons (Fsp3) is 0.778. The van der Waals surface area contributed by atoms with E-state index in [1.807, 2.05) is 0 Å². The summed E-state index contributed by atoms with van der Waals surface area (Å²) in [5.41, 5.74) is 0. The number of nitrogens with one attached hydrogen (secondary N) is 1. The van der Waals surface area contributed by atoms with Crippen molar-refractivity contribution >= 4 is 0 Å². The predicted molar refractivity (Wildman–Crippen MR) is 45.1 cm³/mol. The lowest BCUT2D eigenvalue weighted by molar-refractivity contribution is 0.478. The summed E-state index contributed by atoms with van der Waals surface area (Å²) < 4.78 is 0. The predicted octanol–water partition coefficient (Wildman–Crippen LogP) is 2.09. The normalized spacial score (nSPS) is 20.9. The van der Waals surface area contributed by atoms with Gasteiger partial charge < -0.3 is 5.32 Å².